The standard InChI is InChI=1S/C29H45N5O5/c1-3-4-5-6-7-8-9-10-11-14-21(35)15-12-13-16-25(37)39-18-22-20(2)23(17-24(22)36)34-19-31-26-27(34)32-29(30)33-28(26)38/h19,22-24,36H,2-18H2,1H3,(H3,30,32,33,38)/t22-,23-,24-/m0/s1. The van der Waals surface area contributed by atoms with Crippen molar-refractivity contribution in [1.82, 2.24) is 19.5 Å². The fourth-order valence-electron chi connectivity index (χ4n) is 5.32. The monoisotopic (exact) mass is 543 g/mol. The molecule has 0 bridgehead atoms. The van der Waals surface area contributed by atoms with Crippen molar-refractivity contribution in [3.05, 3.63) is 28.8 Å². The molecular weight excluding hydrogens is 498 g/mol. The Hall–Kier alpha value is -3.01. The Labute approximate surface area is 230 Å². The van der Waals surface area contributed by atoms with Gasteiger partial charge in [-0.1, -0.05) is 64.9 Å². The number of imidazole rings is 1. The summed E-state index contributed by atoms with van der Waals surface area (Å²) < 4.78 is 7.12. The van der Waals surface area contributed by atoms with Gasteiger partial charge in [0.1, 0.15) is 12.4 Å². The topological polar surface area (TPSA) is 153 Å². The van der Waals surface area contributed by atoms with Crippen LogP contribution in [0.4, 0.5) is 5.95 Å². The molecule has 0 aliphatic heterocycles. The lowest BCUT2D eigenvalue weighted by molar-refractivity contribution is -0.145. The number of esters is 1. The number of rotatable bonds is 18. The van der Waals surface area contributed by atoms with E-state index in [9.17, 15) is 19.5 Å². The maximum atomic E-state index is 12.3. The van der Waals surface area contributed by atoms with E-state index in [2.05, 4.69) is 28.5 Å². The zero-order valence-corrected chi connectivity index (χ0v) is 23.3. The van der Waals surface area contributed by atoms with Gasteiger partial charge in [0.25, 0.3) is 5.56 Å². The number of nitrogens with two attached hydrogens (primary N) is 1. The molecule has 39 heavy (non-hydrogen) atoms. The highest BCUT2D eigenvalue weighted by atomic mass is 16.5. The number of carbonyl (C=O) groups is 2. The molecule has 0 spiro atoms. The normalized spacial score (nSPS) is 19.1. The Morgan fingerprint density at radius 3 is 2.38 bits per heavy atom. The molecule has 2 aromatic rings. The number of ether oxygens (including phenoxy) is 1. The van der Waals surface area contributed by atoms with Crippen LogP contribution in [0.2, 0.25) is 0 Å². The molecule has 216 valence electrons. The average Bonchev–Trinajstić information content (AvgIpc) is 3.44. The number of nitrogen functional groups attached to an aromatic ring is 1. The van der Waals surface area contributed by atoms with E-state index in [4.69, 9.17) is 10.5 Å². The van der Waals surface area contributed by atoms with E-state index in [0.717, 1.165) is 12.8 Å². The fourth-order valence-corrected chi connectivity index (χ4v) is 5.32. The molecule has 0 saturated heterocycles. The second kappa shape index (κ2) is 15.5. The zero-order chi connectivity index (χ0) is 28.2. The number of H-pyrrole nitrogens is 1. The second-order valence-electron chi connectivity index (χ2n) is 10.8. The Morgan fingerprint density at radius 1 is 1.08 bits per heavy atom. The molecule has 1 aliphatic carbocycles. The molecule has 0 aromatic carbocycles. The summed E-state index contributed by atoms with van der Waals surface area (Å²) in [6, 6.07) is -0.348. The lowest BCUT2D eigenvalue weighted by Gasteiger charge is -2.17. The van der Waals surface area contributed by atoms with Crippen LogP contribution < -0.4 is 11.3 Å². The van der Waals surface area contributed by atoms with E-state index in [1.54, 1.807) is 4.57 Å². The maximum absolute atomic E-state index is 12.3. The van der Waals surface area contributed by atoms with Crippen molar-refractivity contribution in [3.8, 4) is 0 Å². The number of aliphatic hydroxyl groups excluding tert-OH is 1. The number of anilines is 1. The number of aromatic nitrogens is 4. The van der Waals surface area contributed by atoms with E-state index in [1.165, 1.54) is 51.3 Å². The lowest BCUT2D eigenvalue weighted by Crippen LogP contribution is -2.22. The summed E-state index contributed by atoms with van der Waals surface area (Å²) >= 11 is 0. The molecule has 1 saturated carbocycles. The number of unbranched alkanes of at least 4 members (excludes halogenated alkanes) is 9. The number of nitrogens with zero attached hydrogens (tertiary/aromatic N) is 3. The van der Waals surface area contributed by atoms with Gasteiger partial charge in [0, 0.05) is 25.2 Å². The molecule has 0 amide bonds. The molecule has 10 nitrogen and oxygen atoms in total. The summed E-state index contributed by atoms with van der Waals surface area (Å²) in [5.74, 6) is -0.533. The summed E-state index contributed by atoms with van der Waals surface area (Å²) in [6.45, 7) is 6.37. The Bertz CT molecular complexity index is 1160. The van der Waals surface area contributed by atoms with Crippen LogP contribution in [0, 0.1) is 5.92 Å². The molecule has 1 aliphatic rings. The minimum atomic E-state index is -0.759. The van der Waals surface area contributed by atoms with Gasteiger partial charge in [0.2, 0.25) is 5.95 Å². The number of ketones is 1. The lowest BCUT2D eigenvalue weighted by atomic mass is 10.0. The average molecular weight is 544 g/mol. The number of Topliss-reactive ketones (excluding diaryl/α,β-unsaturated/α-hetero) is 1. The van der Waals surface area contributed by atoms with Crippen molar-refractivity contribution in [1.29, 1.82) is 0 Å². The summed E-state index contributed by atoms with van der Waals surface area (Å²) in [5.41, 5.74) is 6.41. The van der Waals surface area contributed by atoms with Crippen LogP contribution >= 0.6 is 0 Å². The van der Waals surface area contributed by atoms with Gasteiger partial charge in [-0.2, -0.15) is 4.98 Å². The van der Waals surface area contributed by atoms with Crippen molar-refractivity contribution in [3.63, 3.8) is 0 Å². The smallest absolute Gasteiger partial charge is 0.305 e. The van der Waals surface area contributed by atoms with Crippen molar-refractivity contribution >= 4 is 28.9 Å². The minimum Gasteiger partial charge on any atom is -0.465 e. The number of carbonyl (C=O) groups excluding carboxylic acids is 2. The second-order valence-corrected chi connectivity index (χ2v) is 10.8. The van der Waals surface area contributed by atoms with Gasteiger partial charge in [-0.15, -0.1) is 0 Å². The first kappa shape index (κ1) is 30.5. The van der Waals surface area contributed by atoms with Crippen molar-refractivity contribution in [2.24, 2.45) is 5.92 Å². The van der Waals surface area contributed by atoms with Crippen molar-refractivity contribution < 1.29 is 19.4 Å². The molecule has 3 atom stereocenters. The maximum Gasteiger partial charge on any atom is 0.305 e. The van der Waals surface area contributed by atoms with E-state index in [1.807, 2.05) is 0 Å². The largest absolute Gasteiger partial charge is 0.465 e. The van der Waals surface area contributed by atoms with E-state index in [-0.39, 0.29) is 42.3 Å². The van der Waals surface area contributed by atoms with Crippen molar-refractivity contribution in [2.75, 3.05) is 12.3 Å². The number of nitrogens with one attached hydrogen (secondary N) is 1. The summed E-state index contributed by atoms with van der Waals surface area (Å²) in [5, 5.41) is 10.6. The van der Waals surface area contributed by atoms with Crippen LogP contribution in [0.3, 0.4) is 0 Å². The third-order valence-corrected chi connectivity index (χ3v) is 7.69. The number of fused-ring (bicyclic) bond motifs is 1. The molecule has 2 heterocycles. The molecule has 4 N–H and O–H groups in total. The van der Waals surface area contributed by atoms with E-state index in [0.29, 0.717) is 43.3 Å². The van der Waals surface area contributed by atoms with Crippen LogP contribution in [-0.2, 0) is 14.3 Å². The highest BCUT2D eigenvalue weighted by Crippen LogP contribution is 2.40. The van der Waals surface area contributed by atoms with Crippen LogP contribution in [0.1, 0.15) is 109 Å². The van der Waals surface area contributed by atoms with Crippen LogP contribution in [0.5, 0.6) is 0 Å². The molecule has 0 unspecified atom stereocenters. The first-order valence-electron chi connectivity index (χ1n) is 14.6. The van der Waals surface area contributed by atoms with Gasteiger partial charge in [0.15, 0.2) is 11.2 Å². The molecule has 0 radical (unpaired) electrons. The SMILES string of the molecule is C=C1[C@H](COC(=O)CCCCC(=O)CCCCCCCCCCC)[C@@H](O)C[C@@H]1n1cnc2c(=O)[nH]c(N)nc21. The van der Waals surface area contributed by atoms with Gasteiger partial charge in [-0.05, 0) is 31.3 Å². The highest BCUT2D eigenvalue weighted by molar-refractivity contribution is 5.78. The van der Waals surface area contributed by atoms with Gasteiger partial charge >= 0.3 is 5.97 Å². The quantitative estimate of drug-likeness (QED) is 0.138. The summed E-state index contributed by atoms with van der Waals surface area (Å²) in [4.78, 5) is 47.2. The third kappa shape index (κ3) is 9.02. The summed E-state index contributed by atoms with van der Waals surface area (Å²) in [7, 11) is 0. The first-order chi connectivity index (χ1) is 18.8. The molecule has 1 fully saturated rings. The molecule has 3 rings (SSSR count). The fraction of sp³-hybridized carbons (Fsp3) is 0.690. The number of hydrogen-bond donors (Lipinski definition) is 3. The Balaban J connectivity index is 1.30. The Morgan fingerprint density at radius 2 is 1.69 bits per heavy atom. The van der Waals surface area contributed by atoms with Crippen LogP contribution in [0.15, 0.2) is 23.3 Å². The van der Waals surface area contributed by atoms with Crippen LogP contribution in [0.25, 0.3) is 11.2 Å². The first-order valence-corrected chi connectivity index (χ1v) is 14.6. The van der Waals surface area contributed by atoms with Gasteiger partial charge in [-0.25, -0.2) is 4.98 Å². The number of aromatic amines is 1. The highest BCUT2D eigenvalue weighted by Gasteiger charge is 2.39. The molecule has 10 heteroatoms. The molecular formula is C29H45N5O5. The predicted molar refractivity (Wildman–Crippen MR) is 151 cm³/mol. The Kier molecular flexibility index (Phi) is 12.2. The number of hydrogen-bond acceptors (Lipinski definition) is 8. The van der Waals surface area contributed by atoms with Gasteiger partial charge in [0.05, 0.1) is 18.5 Å². The van der Waals surface area contributed by atoms with E-state index < -0.39 is 17.6 Å². The minimum absolute atomic E-state index is 0.0194. The summed E-state index contributed by atoms with van der Waals surface area (Å²) in [6.07, 6.45) is 14.8. The van der Waals surface area contributed by atoms with Crippen molar-refractivity contribution in [2.45, 2.75) is 115 Å². The van der Waals surface area contributed by atoms with E-state index >= 15 is 0 Å². The number of aliphatic hydroxyl groups is 1. The van der Waals surface area contributed by atoms with Gasteiger partial charge in [-0.3, -0.25) is 19.4 Å². The van der Waals surface area contributed by atoms with Gasteiger partial charge < -0.3 is 20.1 Å². The predicted octanol–water partition coefficient (Wildman–Crippen LogP) is 4.77. The zero-order valence-electron chi connectivity index (χ0n) is 23.3. The van der Waals surface area contributed by atoms with Crippen LogP contribution in [-0.4, -0.2) is 49.1 Å². The third-order valence-electron chi connectivity index (χ3n) is 7.69. The molecule has 2 aromatic heterocycles.